The molecule has 30 heavy (non-hydrogen) atoms. The van der Waals surface area contributed by atoms with Crippen molar-refractivity contribution in [1.29, 1.82) is 0 Å². The summed E-state index contributed by atoms with van der Waals surface area (Å²) in [5.74, 6) is -1.68. The molecule has 1 heterocycles. The molecule has 0 amide bonds. The molecule has 0 aromatic heterocycles. The van der Waals surface area contributed by atoms with Crippen molar-refractivity contribution < 1.29 is 28.3 Å². The summed E-state index contributed by atoms with van der Waals surface area (Å²) in [6.07, 6.45) is 2.39. The molecule has 0 bridgehead atoms. The van der Waals surface area contributed by atoms with Crippen LogP contribution < -0.4 is 4.90 Å². The van der Waals surface area contributed by atoms with Crippen LogP contribution in [0.3, 0.4) is 0 Å². The summed E-state index contributed by atoms with van der Waals surface area (Å²) in [7, 11) is -3.95. The Kier molecular flexibility index (Phi) is 5.61. The number of aryl methyl sites for hydroxylation is 1. The first-order valence-electron chi connectivity index (χ1n) is 9.97. The van der Waals surface area contributed by atoms with E-state index in [1.165, 1.54) is 0 Å². The number of morpholine rings is 1. The number of sulfonamides is 1. The fourth-order valence-electron chi connectivity index (χ4n) is 3.96. The van der Waals surface area contributed by atoms with Gasteiger partial charge in [-0.3, -0.25) is 4.90 Å². The van der Waals surface area contributed by atoms with Crippen molar-refractivity contribution in [2.24, 2.45) is 4.40 Å². The SMILES string of the molecule is CCc1ccc(S(=O)(=O)N=C2C=C3[NH+](CCO)CCO[C@]3(O)c3ccccc32)cc1. The predicted octanol–water partition coefficient (Wildman–Crippen LogP) is 0.377. The highest BCUT2D eigenvalue weighted by Gasteiger charge is 2.49. The Morgan fingerprint density at radius 1 is 1.17 bits per heavy atom. The zero-order valence-electron chi connectivity index (χ0n) is 16.7. The average molecular weight is 430 g/mol. The lowest BCUT2D eigenvalue weighted by Crippen LogP contribution is -3.14. The van der Waals surface area contributed by atoms with Gasteiger partial charge in [0, 0.05) is 17.2 Å². The summed E-state index contributed by atoms with van der Waals surface area (Å²) >= 11 is 0. The van der Waals surface area contributed by atoms with Gasteiger partial charge in [-0.05, 0) is 24.1 Å². The molecule has 2 aromatic rings. The van der Waals surface area contributed by atoms with Gasteiger partial charge in [-0.1, -0.05) is 43.3 Å². The van der Waals surface area contributed by atoms with Crippen LogP contribution in [0.25, 0.3) is 0 Å². The van der Waals surface area contributed by atoms with E-state index in [9.17, 15) is 18.6 Å². The zero-order chi connectivity index (χ0) is 21.4. The summed E-state index contributed by atoms with van der Waals surface area (Å²) < 4.78 is 35.9. The van der Waals surface area contributed by atoms with Gasteiger partial charge in [0.15, 0.2) is 5.70 Å². The molecule has 0 spiro atoms. The van der Waals surface area contributed by atoms with Gasteiger partial charge in [0.25, 0.3) is 15.8 Å². The third-order valence-electron chi connectivity index (χ3n) is 5.57. The predicted molar refractivity (Wildman–Crippen MR) is 112 cm³/mol. The Bertz CT molecular complexity index is 1110. The minimum atomic E-state index is -3.95. The van der Waals surface area contributed by atoms with Crippen molar-refractivity contribution in [3.63, 3.8) is 0 Å². The maximum Gasteiger partial charge on any atom is 0.282 e. The molecule has 0 saturated carbocycles. The van der Waals surface area contributed by atoms with E-state index in [1.807, 2.05) is 6.92 Å². The number of quaternary nitrogens is 1. The van der Waals surface area contributed by atoms with Crippen LogP contribution in [0.4, 0.5) is 0 Å². The molecular weight excluding hydrogens is 404 g/mol. The van der Waals surface area contributed by atoms with Gasteiger partial charge in [0.05, 0.1) is 17.2 Å². The largest absolute Gasteiger partial charge is 0.391 e. The third-order valence-corrected chi connectivity index (χ3v) is 6.88. The van der Waals surface area contributed by atoms with Crippen molar-refractivity contribution in [2.45, 2.75) is 24.0 Å². The summed E-state index contributed by atoms with van der Waals surface area (Å²) in [5, 5.41) is 20.8. The summed E-state index contributed by atoms with van der Waals surface area (Å²) in [6.45, 7) is 3.17. The Balaban J connectivity index is 1.85. The highest BCUT2D eigenvalue weighted by Crippen LogP contribution is 2.36. The molecule has 1 fully saturated rings. The van der Waals surface area contributed by atoms with Gasteiger partial charge < -0.3 is 14.9 Å². The molecule has 8 heteroatoms. The minimum Gasteiger partial charge on any atom is -0.391 e. The van der Waals surface area contributed by atoms with E-state index in [-0.39, 0.29) is 17.2 Å². The van der Waals surface area contributed by atoms with Crippen LogP contribution in [0, 0.1) is 0 Å². The Morgan fingerprint density at radius 2 is 1.90 bits per heavy atom. The van der Waals surface area contributed by atoms with Gasteiger partial charge in [-0.2, -0.15) is 12.8 Å². The number of fused-ring (bicyclic) bond motifs is 3. The lowest BCUT2D eigenvalue weighted by molar-refractivity contribution is -0.882. The molecule has 1 aliphatic carbocycles. The zero-order valence-corrected chi connectivity index (χ0v) is 17.5. The second-order valence-corrected chi connectivity index (χ2v) is 8.98. The van der Waals surface area contributed by atoms with E-state index in [0.717, 1.165) is 16.9 Å². The van der Waals surface area contributed by atoms with Crippen molar-refractivity contribution >= 4 is 15.7 Å². The summed E-state index contributed by atoms with van der Waals surface area (Å²) in [4.78, 5) is 0.946. The molecule has 1 unspecified atom stereocenters. The van der Waals surface area contributed by atoms with E-state index in [0.29, 0.717) is 36.5 Å². The maximum atomic E-state index is 13.0. The number of hydrogen-bond donors (Lipinski definition) is 3. The van der Waals surface area contributed by atoms with Crippen molar-refractivity contribution in [3.8, 4) is 0 Å². The fourth-order valence-corrected chi connectivity index (χ4v) is 4.96. The van der Waals surface area contributed by atoms with E-state index < -0.39 is 15.8 Å². The molecular formula is C22H25N2O5S+. The topological polar surface area (TPSA) is 101 Å². The molecule has 2 atom stereocenters. The summed E-state index contributed by atoms with van der Waals surface area (Å²) in [5.41, 5.74) is 2.69. The molecule has 2 aliphatic rings. The molecule has 2 aromatic carbocycles. The van der Waals surface area contributed by atoms with Gasteiger partial charge in [0.1, 0.15) is 19.7 Å². The first-order chi connectivity index (χ1) is 14.4. The lowest BCUT2D eigenvalue weighted by atomic mass is 9.86. The number of nitrogens with zero attached hydrogens (tertiary/aromatic N) is 1. The second kappa shape index (κ2) is 8.05. The molecule has 0 radical (unpaired) electrons. The van der Waals surface area contributed by atoms with Crippen LogP contribution >= 0.6 is 0 Å². The van der Waals surface area contributed by atoms with Gasteiger partial charge in [-0.25, -0.2) is 0 Å². The molecule has 3 N–H and O–H groups in total. The van der Waals surface area contributed by atoms with Crippen molar-refractivity contribution in [1.82, 2.24) is 0 Å². The van der Waals surface area contributed by atoms with Gasteiger partial charge in [-0.15, -0.1) is 0 Å². The fraction of sp³-hybridized carbons (Fsp3) is 0.318. The van der Waals surface area contributed by atoms with Gasteiger partial charge in [0.2, 0.25) is 0 Å². The smallest absolute Gasteiger partial charge is 0.282 e. The Hall–Kier alpha value is -2.36. The number of aliphatic hydroxyl groups is 2. The number of nitrogens with one attached hydrogen (secondary N) is 1. The van der Waals surface area contributed by atoms with E-state index >= 15 is 0 Å². The van der Waals surface area contributed by atoms with Crippen molar-refractivity contribution in [2.75, 3.05) is 26.3 Å². The van der Waals surface area contributed by atoms with Crippen LogP contribution in [-0.4, -0.2) is 50.6 Å². The first kappa shape index (κ1) is 20.9. The van der Waals surface area contributed by atoms with E-state index in [4.69, 9.17) is 4.74 Å². The first-order valence-corrected chi connectivity index (χ1v) is 11.4. The second-order valence-electron chi connectivity index (χ2n) is 7.37. The molecule has 7 nitrogen and oxygen atoms in total. The van der Waals surface area contributed by atoms with E-state index in [2.05, 4.69) is 4.40 Å². The van der Waals surface area contributed by atoms with Crippen LogP contribution in [-0.2, 0) is 27.0 Å². The van der Waals surface area contributed by atoms with E-state index in [1.54, 1.807) is 54.6 Å². The Morgan fingerprint density at radius 3 is 2.60 bits per heavy atom. The number of rotatable bonds is 5. The number of benzene rings is 2. The van der Waals surface area contributed by atoms with Gasteiger partial charge >= 0.3 is 0 Å². The van der Waals surface area contributed by atoms with Crippen LogP contribution in [0.15, 0.2) is 69.6 Å². The number of hydrogen-bond acceptors (Lipinski definition) is 5. The number of aliphatic hydroxyl groups excluding tert-OH is 1. The monoisotopic (exact) mass is 429 g/mol. The molecule has 1 saturated heterocycles. The highest BCUT2D eigenvalue weighted by molar-refractivity contribution is 7.90. The number of allylic oxidation sites excluding steroid dienone is 1. The van der Waals surface area contributed by atoms with Crippen LogP contribution in [0.1, 0.15) is 23.6 Å². The normalized spacial score (nSPS) is 24.8. The lowest BCUT2D eigenvalue weighted by Gasteiger charge is -2.41. The quantitative estimate of drug-likeness (QED) is 0.638. The van der Waals surface area contributed by atoms with Crippen molar-refractivity contribution in [3.05, 3.63) is 77.0 Å². The minimum absolute atomic E-state index is 0.0705. The molecule has 4 rings (SSSR count). The third kappa shape index (κ3) is 3.61. The van der Waals surface area contributed by atoms with Crippen LogP contribution in [0.2, 0.25) is 0 Å². The number of ether oxygens (including phenoxy) is 1. The molecule has 1 aliphatic heterocycles. The average Bonchev–Trinajstić information content (AvgIpc) is 2.75. The van der Waals surface area contributed by atoms with Crippen LogP contribution in [0.5, 0.6) is 0 Å². The highest BCUT2D eigenvalue weighted by atomic mass is 32.2. The Labute approximate surface area is 176 Å². The maximum absolute atomic E-state index is 13.0. The standard InChI is InChI=1S/C22H24N2O5S/c1-2-16-7-9-17(10-8-16)30(27,28)23-20-15-21-22(26,19-6-4-3-5-18(19)20)29-14-12-24(21)11-13-25/h3-10,15,25-26H,2,11-14H2,1H3/p+1/t22-/m1/s1. The molecule has 158 valence electrons. The summed E-state index contributed by atoms with van der Waals surface area (Å²) in [6, 6.07) is 13.6.